The molecule has 1 aromatic carbocycles. The van der Waals surface area contributed by atoms with Gasteiger partial charge in [-0.2, -0.15) is 17.9 Å². The zero-order chi connectivity index (χ0) is 22.8. The predicted molar refractivity (Wildman–Crippen MR) is 100 cm³/mol. The number of hydrogen-bond donors (Lipinski definition) is 1. The summed E-state index contributed by atoms with van der Waals surface area (Å²) in [6, 6.07) is 3.76. The topological polar surface area (TPSA) is 112 Å². The van der Waals surface area contributed by atoms with Crippen LogP contribution in [0.1, 0.15) is 50.9 Å². The summed E-state index contributed by atoms with van der Waals surface area (Å²) in [5.41, 5.74) is -0.824. The van der Waals surface area contributed by atoms with E-state index in [0.29, 0.717) is 0 Å². The second-order valence-corrected chi connectivity index (χ2v) is 6.53. The van der Waals surface area contributed by atoms with Crippen molar-refractivity contribution in [1.82, 2.24) is 30.0 Å². The van der Waals surface area contributed by atoms with Gasteiger partial charge in [0.25, 0.3) is 17.7 Å². The molecular formula is C19H17F3N6O3. The van der Waals surface area contributed by atoms with E-state index in [0.717, 1.165) is 23.9 Å². The number of benzene rings is 1. The molecule has 9 nitrogen and oxygen atoms in total. The van der Waals surface area contributed by atoms with Gasteiger partial charge < -0.3 is 10.1 Å². The number of aryl methyl sites for hydroxylation is 1. The van der Waals surface area contributed by atoms with Gasteiger partial charge in [0.2, 0.25) is 0 Å². The van der Waals surface area contributed by atoms with Gasteiger partial charge in [-0.15, -0.1) is 5.10 Å². The number of halogens is 3. The molecule has 0 fully saturated rings. The summed E-state index contributed by atoms with van der Waals surface area (Å²) in [5, 5.41) is 6.58. The second-order valence-electron chi connectivity index (χ2n) is 6.53. The van der Waals surface area contributed by atoms with E-state index in [-0.39, 0.29) is 28.7 Å². The number of alkyl halides is 3. The number of hydrogen-bond acceptors (Lipinski definition) is 7. The minimum Gasteiger partial charge on any atom is -0.463 e. The van der Waals surface area contributed by atoms with Crippen molar-refractivity contribution in [2.45, 2.75) is 26.1 Å². The van der Waals surface area contributed by atoms with Gasteiger partial charge in [0, 0.05) is 18.0 Å². The van der Waals surface area contributed by atoms with Crippen LogP contribution >= 0.6 is 0 Å². The van der Waals surface area contributed by atoms with E-state index in [1.165, 1.54) is 32.3 Å². The Morgan fingerprint density at radius 1 is 1.16 bits per heavy atom. The van der Waals surface area contributed by atoms with Gasteiger partial charge in [-0.3, -0.25) is 4.79 Å². The number of carbonyl (C=O) groups is 2. The molecule has 1 amide bonds. The fourth-order valence-corrected chi connectivity index (χ4v) is 2.75. The molecule has 0 aliphatic carbocycles. The van der Waals surface area contributed by atoms with Crippen LogP contribution in [0, 0.1) is 6.92 Å². The Morgan fingerprint density at radius 2 is 1.84 bits per heavy atom. The summed E-state index contributed by atoms with van der Waals surface area (Å²) in [5.74, 6) is -1.70. The number of ether oxygens (including phenoxy) is 1. The highest BCUT2D eigenvalue weighted by atomic mass is 19.4. The number of carbonyl (C=O) groups excluding carboxylic acids is 2. The van der Waals surface area contributed by atoms with Gasteiger partial charge in [0.05, 0.1) is 18.7 Å². The third-order valence-corrected chi connectivity index (χ3v) is 4.14. The van der Waals surface area contributed by atoms with Gasteiger partial charge >= 0.3 is 12.1 Å². The normalized spacial score (nSPS) is 12.3. The molecule has 0 bridgehead atoms. The zero-order valence-electron chi connectivity index (χ0n) is 16.6. The van der Waals surface area contributed by atoms with E-state index >= 15 is 0 Å². The Kier molecular flexibility index (Phi) is 5.99. The Balaban J connectivity index is 1.94. The lowest BCUT2D eigenvalue weighted by Crippen LogP contribution is -2.29. The Hall–Kier alpha value is -3.83. The van der Waals surface area contributed by atoms with Crippen molar-refractivity contribution < 1.29 is 27.5 Å². The first kappa shape index (κ1) is 21.9. The van der Waals surface area contributed by atoms with Gasteiger partial charge in [-0.1, -0.05) is 0 Å². The lowest BCUT2D eigenvalue weighted by molar-refractivity contribution is -0.137. The number of nitrogens with zero attached hydrogens (tertiary/aromatic N) is 5. The number of methoxy groups -OCH3 is 1. The summed E-state index contributed by atoms with van der Waals surface area (Å²) in [6.45, 7) is 2.99. The van der Waals surface area contributed by atoms with Crippen LogP contribution in [-0.4, -0.2) is 43.7 Å². The first-order chi connectivity index (χ1) is 14.6. The lowest BCUT2D eigenvalue weighted by atomic mass is 10.1. The third kappa shape index (κ3) is 4.85. The quantitative estimate of drug-likeness (QED) is 0.615. The van der Waals surface area contributed by atoms with E-state index < -0.39 is 29.7 Å². The molecule has 1 atom stereocenters. The molecule has 1 unspecified atom stereocenters. The maximum Gasteiger partial charge on any atom is 0.416 e. The highest BCUT2D eigenvalue weighted by Crippen LogP contribution is 2.30. The zero-order valence-corrected chi connectivity index (χ0v) is 16.6. The highest BCUT2D eigenvalue weighted by Gasteiger charge is 2.32. The fraction of sp³-hybridized carbons (Fsp3) is 0.263. The van der Waals surface area contributed by atoms with E-state index in [9.17, 15) is 22.8 Å². The average Bonchev–Trinajstić information content (AvgIpc) is 3.18. The summed E-state index contributed by atoms with van der Waals surface area (Å²) in [4.78, 5) is 36.7. The van der Waals surface area contributed by atoms with Gasteiger partial charge in [-0.25, -0.2) is 19.7 Å². The van der Waals surface area contributed by atoms with Gasteiger partial charge in [0.1, 0.15) is 0 Å². The molecule has 3 rings (SSSR count). The smallest absolute Gasteiger partial charge is 0.416 e. The molecule has 1 N–H and O–H groups in total. The second kappa shape index (κ2) is 8.50. The molecule has 0 spiro atoms. The SMILES string of the molecule is COC(=O)c1nc(C(C)NC(=O)c2cc(C)cc(C(F)(F)F)c2)n(-c2ncccn2)n1. The van der Waals surface area contributed by atoms with Gasteiger partial charge in [0.15, 0.2) is 5.82 Å². The van der Waals surface area contributed by atoms with Crippen LogP contribution < -0.4 is 5.32 Å². The molecule has 12 heteroatoms. The molecule has 0 radical (unpaired) electrons. The molecule has 2 aromatic heterocycles. The van der Waals surface area contributed by atoms with Gasteiger partial charge in [-0.05, 0) is 43.7 Å². The Morgan fingerprint density at radius 3 is 2.45 bits per heavy atom. The van der Waals surface area contributed by atoms with Crippen molar-refractivity contribution in [2.75, 3.05) is 7.11 Å². The number of aromatic nitrogens is 5. The van der Waals surface area contributed by atoms with Crippen molar-refractivity contribution in [1.29, 1.82) is 0 Å². The Labute approximate surface area is 174 Å². The first-order valence-corrected chi connectivity index (χ1v) is 8.92. The average molecular weight is 434 g/mol. The number of rotatable bonds is 5. The summed E-state index contributed by atoms with van der Waals surface area (Å²) in [6.07, 6.45) is -1.70. The molecular weight excluding hydrogens is 417 g/mol. The monoisotopic (exact) mass is 434 g/mol. The van der Waals surface area contributed by atoms with Crippen LogP contribution in [0.4, 0.5) is 13.2 Å². The predicted octanol–water partition coefficient (Wildman–Crippen LogP) is 2.66. The van der Waals surface area contributed by atoms with E-state index in [4.69, 9.17) is 0 Å². The molecule has 0 saturated heterocycles. The molecule has 0 aliphatic heterocycles. The van der Waals surface area contributed by atoms with Crippen LogP contribution in [0.3, 0.4) is 0 Å². The van der Waals surface area contributed by atoms with Crippen LogP contribution in [0.5, 0.6) is 0 Å². The molecule has 162 valence electrons. The van der Waals surface area contributed by atoms with Crippen molar-refractivity contribution in [3.05, 3.63) is 65.0 Å². The van der Waals surface area contributed by atoms with Crippen molar-refractivity contribution in [2.24, 2.45) is 0 Å². The molecule has 2 heterocycles. The van der Waals surface area contributed by atoms with Crippen LogP contribution in [-0.2, 0) is 10.9 Å². The van der Waals surface area contributed by atoms with Crippen molar-refractivity contribution in [3.8, 4) is 5.95 Å². The van der Waals surface area contributed by atoms with E-state index in [1.807, 2.05) is 0 Å². The third-order valence-electron chi connectivity index (χ3n) is 4.14. The lowest BCUT2D eigenvalue weighted by Gasteiger charge is -2.15. The maximum atomic E-state index is 13.1. The van der Waals surface area contributed by atoms with E-state index in [1.54, 1.807) is 6.07 Å². The maximum absolute atomic E-state index is 13.1. The first-order valence-electron chi connectivity index (χ1n) is 8.92. The highest BCUT2D eigenvalue weighted by molar-refractivity contribution is 5.94. The minimum atomic E-state index is -4.59. The molecule has 3 aromatic rings. The Bertz CT molecular complexity index is 1110. The number of amides is 1. The minimum absolute atomic E-state index is 0.0798. The summed E-state index contributed by atoms with van der Waals surface area (Å²) < 4.78 is 45.0. The van der Waals surface area contributed by atoms with Crippen molar-refractivity contribution >= 4 is 11.9 Å². The van der Waals surface area contributed by atoms with Crippen LogP contribution in [0.15, 0.2) is 36.7 Å². The van der Waals surface area contributed by atoms with Crippen LogP contribution in [0.25, 0.3) is 5.95 Å². The van der Waals surface area contributed by atoms with Crippen molar-refractivity contribution in [3.63, 3.8) is 0 Å². The molecule has 0 saturated carbocycles. The van der Waals surface area contributed by atoms with E-state index in [2.05, 4.69) is 30.1 Å². The number of nitrogens with one attached hydrogen (secondary N) is 1. The fourth-order valence-electron chi connectivity index (χ4n) is 2.75. The summed E-state index contributed by atoms with van der Waals surface area (Å²) in [7, 11) is 1.16. The molecule has 0 aliphatic rings. The summed E-state index contributed by atoms with van der Waals surface area (Å²) >= 11 is 0. The molecule has 31 heavy (non-hydrogen) atoms. The largest absolute Gasteiger partial charge is 0.463 e. The van der Waals surface area contributed by atoms with Crippen LogP contribution in [0.2, 0.25) is 0 Å². The standard InChI is InChI=1S/C19H17F3N6O3/c1-10-7-12(9-13(8-10)19(20,21)22)16(29)25-11(2)15-26-14(17(30)31-3)27-28(15)18-23-5-4-6-24-18/h4-9,11H,1-3H3,(H,25,29). The number of esters is 1.